The number of hydrogen-bond acceptors (Lipinski definition) is 4. The molecular weight excluding hydrogens is 623 g/mol. The van der Waals surface area contributed by atoms with E-state index in [1.807, 2.05) is 36.4 Å². The fourth-order valence-corrected chi connectivity index (χ4v) is 8.81. The van der Waals surface area contributed by atoms with Crippen molar-refractivity contribution in [3.8, 4) is 40.1 Å². The van der Waals surface area contributed by atoms with Gasteiger partial charge >= 0.3 is 0 Å². The summed E-state index contributed by atoms with van der Waals surface area (Å²) >= 11 is 0. The van der Waals surface area contributed by atoms with Gasteiger partial charge in [-0.2, -0.15) is 0 Å². The van der Waals surface area contributed by atoms with E-state index in [2.05, 4.69) is 141 Å². The Morgan fingerprint density at radius 2 is 1.27 bits per heavy atom. The molecule has 0 saturated carbocycles. The van der Waals surface area contributed by atoms with Crippen molar-refractivity contribution in [1.29, 1.82) is 0 Å². The number of benzene rings is 5. The maximum atomic E-state index is 5.32. The Labute approximate surface area is 296 Å². The fourth-order valence-electron chi connectivity index (χ4n) is 8.81. The Morgan fingerprint density at radius 1 is 0.549 bits per heavy atom. The molecule has 5 nitrogen and oxygen atoms in total. The smallest absolute Gasteiger partial charge is 0.182 e. The van der Waals surface area contributed by atoms with Gasteiger partial charge in [-0.15, -0.1) is 0 Å². The van der Waals surface area contributed by atoms with Gasteiger partial charge in [-0.05, 0) is 63.6 Å². The second kappa shape index (κ2) is 10.9. The van der Waals surface area contributed by atoms with E-state index in [-0.39, 0.29) is 10.8 Å². The lowest BCUT2D eigenvalue weighted by atomic mass is 9.67. The van der Waals surface area contributed by atoms with E-state index in [0.29, 0.717) is 29.1 Å². The molecule has 5 aromatic carbocycles. The van der Waals surface area contributed by atoms with Crippen LogP contribution < -0.4 is 0 Å². The van der Waals surface area contributed by atoms with Crippen LogP contribution in [0.2, 0.25) is 0 Å². The van der Waals surface area contributed by atoms with Crippen LogP contribution in [-0.2, 0) is 10.8 Å². The van der Waals surface area contributed by atoms with E-state index in [9.17, 15) is 0 Å². The first-order valence-corrected chi connectivity index (χ1v) is 17.6. The van der Waals surface area contributed by atoms with Crippen LogP contribution in [0, 0.1) is 5.92 Å². The van der Waals surface area contributed by atoms with Crippen molar-refractivity contribution in [3.05, 3.63) is 163 Å². The quantitative estimate of drug-likeness (QED) is 0.189. The Balaban J connectivity index is 1.19. The summed E-state index contributed by atoms with van der Waals surface area (Å²) in [4.78, 5) is 20.5. The lowest BCUT2D eigenvalue weighted by molar-refractivity contribution is 0.324. The lowest BCUT2D eigenvalue weighted by Crippen LogP contribution is -2.34. The zero-order valence-electron chi connectivity index (χ0n) is 28.7. The van der Waals surface area contributed by atoms with Gasteiger partial charge in [-0.25, -0.2) is 19.9 Å². The van der Waals surface area contributed by atoms with Gasteiger partial charge in [0.05, 0.1) is 11.0 Å². The van der Waals surface area contributed by atoms with Crippen molar-refractivity contribution in [1.82, 2.24) is 24.5 Å². The third-order valence-corrected chi connectivity index (χ3v) is 11.3. The molecular formula is C46H35N5. The molecule has 0 aliphatic heterocycles. The molecule has 2 aliphatic carbocycles. The van der Waals surface area contributed by atoms with Crippen molar-refractivity contribution in [2.24, 2.45) is 5.92 Å². The van der Waals surface area contributed by atoms with Crippen molar-refractivity contribution in [2.45, 2.75) is 31.6 Å². The van der Waals surface area contributed by atoms with Gasteiger partial charge < -0.3 is 0 Å². The first-order chi connectivity index (χ1) is 24.9. The summed E-state index contributed by atoms with van der Waals surface area (Å²) in [6, 6.07) is 44.4. The zero-order valence-corrected chi connectivity index (χ0v) is 28.7. The molecule has 0 saturated heterocycles. The molecule has 0 radical (unpaired) electrons. The molecule has 3 aromatic heterocycles. The molecule has 5 heteroatoms. The van der Waals surface area contributed by atoms with Crippen LogP contribution in [0.1, 0.15) is 31.9 Å². The van der Waals surface area contributed by atoms with Crippen LogP contribution in [0.5, 0.6) is 0 Å². The monoisotopic (exact) mass is 657 g/mol. The molecule has 0 amide bonds. The Kier molecular flexibility index (Phi) is 6.35. The van der Waals surface area contributed by atoms with Gasteiger partial charge in [-0.1, -0.05) is 142 Å². The van der Waals surface area contributed by atoms with E-state index in [0.717, 1.165) is 38.8 Å². The third kappa shape index (κ3) is 4.41. The standard InChI is InChI=1S/C46H35N5/c1-45(2)35-28-39-34(27-36(35)46(3)26-12-11-24-40(45)46)32-20-9-10-23-38(32)51(39)41-25-14-22-37(47-41)44-49-42(30-16-5-4-6-17-30)48-43(50-44)33-21-13-18-29-15-7-8-19-31(29)33/h4-28,40H,1-3H3. The van der Waals surface area contributed by atoms with Gasteiger partial charge in [-0.3, -0.25) is 4.57 Å². The van der Waals surface area contributed by atoms with Crippen molar-refractivity contribution >= 4 is 32.6 Å². The number of pyridine rings is 1. The maximum absolute atomic E-state index is 5.32. The SMILES string of the molecule is CC1(C)c2cc3c(cc2C2(C)C=CC=CC12)c1ccccc1n3-c1cccc(-c2nc(-c3ccccc3)nc(-c3cccc4ccccc34)n2)n1. The van der Waals surface area contributed by atoms with Crippen LogP contribution in [0.4, 0.5) is 0 Å². The van der Waals surface area contributed by atoms with E-state index < -0.39 is 0 Å². The summed E-state index contributed by atoms with van der Waals surface area (Å²) in [5.41, 5.74) is 7.57. The highest BCUT2D eigenvalue weighted by atomic mass is 15.1. The number of para-hydroxylation sites is 1. The number of allylic oxidation sites excluding steroid dienone is 4. The van der Waals surface area contributed by atoms with E-state index in [1.165, 1.54) is 21.9 Å². The first kappa shape index (κ1) is 29.7. The predicted octanol–water partition coefficient (Wildman–Crippen LogP) is 10.8. The van der Waals surface area contributed by atoms with Gasteiger partial charge in [0.1, 0.15) is 11.5 Å². The highest BCUT2D eigenvalue weighted by Gasteiger charge is 2.52. The number of hydrogen-bond donors (Lipinski definition) is 0. The van der Waals surface area contributed by atoms with Crippen LogP contribution in [0.3, 0.4) is 0 Å². The second-order valence-electron chi connectivity index (χ2n) is 14.6. The van der Waals surface area contributed by atoms with Crippen LogP contribution in [0.25, 0.3) is 72.7 Å². The summed E-state index contributed by atoms with van der Waals surface area (Å²) in [5, 5.41) is 4.69. The highest BCUT2D eigenvalue weighted by molar-refractivity contribution is 6.10. The van der Waals surface area contributed by atoms with Crippen molar-refractivity contribution in [3.63, 3.8) is 0 Å². The van der Waals surface area contributed by atoms with Crippen molar-refractivity contribution < 1.29 is 0 Å². The Hall–Kier alpha value is -6.20. The molecule has 2 aliphatic rings. The Bertz CT molecular complexity index is 2750. The Morgan fingerprint density at radius 3 is 2.16 bits per heavy atom. The van der Waals surface area contributed by atoms with Crippen LogP contribution in [-0.4, -0.2) is 24.5 Å². The molecule has 0 N–H and O–H groups in total. The number of rotatable bonds is 4. The van der Waals surface area contributed by atoms with Gasteiger partial charge in [0.2, 0.25) is 0 Å². The largest absolute Gasteiger partial charge is 0.294 e. The molecule has 10 rings (SSSR count). The maximum Gasteiger partial charge on any atom is 0.182 e. The minimum absolute atomic E-state index is 0.0349. The van der Waals surface area contributed by atoms with E-state index in [4.69, 9.17) is 19.9 Å². The van der Waals surface area contributed by atoms with Crippen LogP contribution in [0.15, 0.2) is 152 Å². The minimum Gasteiger partial charge on any atom is -0.294 e. The third-order valence-electron chi connectivity index (χ3n) is 11.3. The van der Waals surface area contributed by atoms with Crippen LogP contribution >= 0.6 is 0 Å². The number of aromatic nitrogens is 5. The highest BCUT2D eigenvalue weighted by Crippen LogP contribution is 2.57. The zero-order chi connectivity index (χ0) is 34.3. The summed E-state index contributed by atoms with van der Waals surface area (Å²) in [6.45, 7) is 7.18. The molecule has 51 heavy (non-hydrogen) atoms. The molecule has 0 spiro atoms. The number of fused-ring (bicyclic) bond motifs is 7. The molecule has 3 heterocycles. The van der Waals surface area contributed by atoms with Crippen molar-refractivity contribution in [2.75, 3.05) is 0 Å². The van der Waals surface area contributed by atoms with Gasteiger partial charge in [0.15, 0.2) is 17.5 Å². The molecule has 2 atom stereocenters. The normalized spacial score (nSPS) is 18.8. The van der Waals surface area contributed by atoms with Gasteiger partial charge in [0, 0.05) is 27.3 Å². The van der Waals surface area contributed by atoms with E-state index >= 15 is 0 Å². The average molecular weight is 658 g/mol. The summed E-state index contributed by atoms with van der Waals surface area (Å²) < 4.78 is 2.31. The fraction of sp³-hybridized carbons (Fsp3) is 0.130. The molecule has 8 aromatic rings. The summed E-state index contributed by atoms with van der Waals surface area (Å²) in [7, 11) is 0. The van der Waals surface area contributed by atoms with E-state index in [1.54, 1.807) is 0 Å². The first-order valence-electron chi connectivity index (χ1n) is 17.6. The minimum atomic E-state index is -0.0555. The topological polar surface area (TPSA) is 56.5 Å². The molecule has 244 valence electrons. The number of nitrogens with zero attached hydrogens (tertiary/aromatic N) is 5. The summed E-state index contributed by atoms with van der Waals surface area (Å²) in [6.07, 6.45) is 9.21. The van der Waals surface area contributed by atoms with Gasteiger partial charge in [0.25, 0.3) is 0 Å². The molecule has 0 fully saturated rings. The second-order valence-corrected chi connectivity index (χ2v) is 14.6. The lowest BCUT2D eigenvalue weighted by Gasteiger charge is -2.36. The summed E-state index contributed by atoms with van der Waals surface area (Å²) in [5.74, 6) is 2.98. The predicted molar refractivity (Wildman–Crippen MR) is 208 cm³/mol. The average Bonchev–Trinajstić information content (AvgIpc) is 3.59. The molecule has 0 bridgehead atoms. The molecule has 2 unspecified atom stereocenters.